The molecule has 1 aromatic rings. The average molecular weight is 248 g/mol. The summed E-state index contributed by atoms with van der Waals surface area (Å²) < 4.78 is 0. The minimum absolute atomic E-state index is 0.132. The first-order valence-corrected chi connectivity index (χ1v) is 6.16. The van der Waals surface area contributed by atoms with Crippen molar-refractivity contribution in [2.45, 2.75) is 33.6 Å². The number of aryl methyl sites for hydroxylation is 2. The molecule has 2 N–H and O–H groups in total. The predicted octanol–water partition coefficient (Wildman–Crippen LogP) is 2.16. The van der Waals surface area contributed by atoms with E-state index in [4.69, 9.17) is 0 Å². The van der Waals surface area contributed by atoms with Crippen LogP contribution in [0.15, 0.2) is 18.2 Å². The Morgan fingerprint density at radius 2 is 1.89 bits per heavy atom. The number of nitrogens with one attached hydrogen (secondary N) is 2. The van der Waals surface area contributed by atoms with Crippen LogP contribution in [0.1, 0.15) is 30.9 Å². The summed E-state index contributed by atoms with van der Waals surface area (Å²) in [4.78, 5) is 23.1. The van der Waals surface area contributed by atoms with Gasteiger partial charge in [0.2, 0.25) is 11.8 Å². The monoisotopic (exact) mass is 248 g/mol. The number of benzene rings is 1. The molecule has 1 rings (SSSR count). The van der Waals surface area contributed by atoms with Gasteiger partial charge in [-0.3, -0.25) is 9.59 Å². The van der Waals surface area contributed by atoms with Gasteiger partial charge in [-0.1, -0.05) is 19.1 Å². The topological polar surface area (TPSA) is 58.2 Å². The highest BCUT2D eigenvalue weighted by atomic mass is 16.2. The number of carbonyl (C=O) groups excluding carboxylic acids is 2. The molecule has 98 valence electrons. The highest BCUT2D eigenvalue weighted by molar-refractivity contribution is 6.03. The van der Waals surface area contributed by atoms with Crippen LogP contribution in [0.3, 0.4) is 0 Å². The normalized spacial score (nSPS) is 9.94. The van der Waals surface area contributed by atoms with Crippen molar-refractivity contribution in [3.8, 4) is 0 Å². The highest BCUT2D eigenvalue weighted by Gasteiger charge is 2.10. The molecule has 0 aromatic heterocycles. The van der Waals surface area contributed by atoms with Crippen molar-refractivity contribution in [3.63, 3.8) is 0 Å². The lowest BCUT2D eigenvalue weighted by atomic mass is 10.1. The number of hydrogen-bond acceptors (Lipinski definition) is 2. The quantitative estimate of drug-likeness (QED) is 0.784. The van der Waals surface area contributed by atoms with Crippen molar-refractivity contribution in [2.75, 3.05) is 11.9 Å². The second-order valence-electron chi connectivity index (χ2n) is 4.39. The number of hydrogen-bond donors (Lipinski definition) is 2. The molecule has 0 fully saturated rings. The third-order valence-electron chi connectivity index (χ3n) is 2.56. The number of carbonyl (C=O) groups is 2. The molecule has 0 atom stereocenters. The third-order valence-corrected chi connectivity index (χ3v) is 2.56. The van der Waals surface area contributed by atoms with E-state index in [1.807, 2.05) is 39.0 Å². The Bertz CT molecular complexity index is 441. The minimum atomic E-state index is -0.280. The largest absolute Gasteiger partial charge is 0.356 e. The van der Waals surface area contributed by atoms with Crippen LogP contribution in [0.5, 0.6) is 0 Å². The fraction of sp³-hybridized carbons (Fsp3) is 0.429. The highest BCUT2D eigenvalue weighted by Crippen LogP contribution is 2.16. The molecule has 4 nitrogen and oxygen atoms in total. The number of anilines is 1. The fourth-order valence-electron chi connectivity index (χ4n) is 1.54. The Labute approximate surface area is 108 Å². The molecule has 0 aliphatic carbocycles. The van der Waals surface area contributed by atoms with Crippen LogP contribution in [-0.2, 0) is 9.59 Å². The molecule has 0 bridgehead atoms. The molecule has 0 unspecified atom stereocenters. The SMILES string of the molecule is CCCNC(=O)CC(=O)Nc1cc(C)ccc1C. The van der Waals surface area contributed by atoms with E-state index in [-0.39, 0.29) is 18.2 Å². The molecule has 0 saturated carbocycles. The van der Waals surface area contributed by atoms with Gasteiger partial charge in [0.05, 0.1) is 0 Å². The maximum atomic E-state index is 11.7. The molecule has 0 spiro atoms. The van der Waals surface area contributed by atoms with Crippen LogP contribution in [0, 0.1) is 13.8 Å². The second-order valence-corrected chi connectivity index (χ2v) is 4.39. The van der Waals surface area contributed by atoms with Crippen LogP contribution < -0.4 is 10.6 Å². The molecule has 0 radical (unpaired) electrons. The average Bonchev–Trinajstić information content (AvgIpc) is 2.31. The van der Waals surface area contributed by atoms with Crippen LogP contribution in [0.2, 0.25) is 0 Å². The smallest absolute Gasteiger partial charge is 0.233 e. The van der Waals surface area contributed by atoms with Gasteiger partial charge in [0.25, 0.3) is 0 Å². The molecule has 0 saturated heterocycles. The zero-order valence-electron chi connectivity index (χ0n) is 11.2. The van der Waals surface area contributed by atoms with Crippen molar-refractivity contribution < 1.29 is 9.59 Å². The lowest BCUT2D eigenvalue weighted by Gasteiger charge is -2.09. The lowest BCUT2D eigenvalue weighted by Crippen LogP contribution is -2.28. The van der Waals surface area contributed by atoms with E-state index >= 15 is 0 Å². The maximum absolute atomic E-state index is 11.7. The fourth-order valence-corrected chi connectivity index (χ4v) is 1.54. The van der Waals surface area contributed by atoms with Crippen molar-refractivity contribution in [1.82, 2.24) is 5.32 Å². The summed E-state index contributed by atoms with van der Waals surface area (Å²) >= 11 is 0. The predicted molar refractivity (Wildman–Crippen MR) is 72.5 cm³/mol. The Balaban J connectivity index is 2.54. The first kappa shape index (κ1) is 14.2. The molecule has 4 heteroatoms. The summed E-state index contributed by atoms with van der Waals surface area (Å²) in [5.41, 5.74) is 2.83. The van der Waals surface area contributed by atoms with E-state index in [0.29, 0.717) is 6.54 Å². The summed E-state index contributed by atoms with van der Waals surface area (Å²) in [5, 5.41) is 5.43. The van der Waals surface area contributed by atoms with Crippen molar-refractivity contribution >= 4 is 17.5 Å². The van der Waals surface area contributed by atoms with E-state index < -0.39 is 0 Å². The van der Waals surface area contributed by atoms with Crippen molar-refractivity contribution in [2.24, 2.45) is 0 Å². The van der Waals surface area contributed by atoms with Gasteiger partial charge >= 0.3 is 0 Å². The molecule has 2 amide bonds. The molecule has 0 aliphatic rings. The van der Waals surface area contributed by atoms with Crippen LogP contribution in [-0.4, -0.2) is 18.4 Å². The van der Waals surface area contributed by atoms with Crippen LogP contribution >= 0.6 is 0 Å². The standard InChI is InChI=1S/C14H20N2O2/c1-4-7-15-13(17)9-14(18)16-12-8-10(2)5-6-11(12)3/h5-6,8H,4,7,9H2,1-3H3,(H,15,17)(H,16,18). The summed E-state index contributed by atoms with van der Waals surface area (Å²) in [6, 6.07) is 5.83. The Hall–Kier alpha value is -1.84. The maximum Gasteiger partial charge on any atom is 0.233 e. The second kappa shape index (κ2) is 6.79. The summed E-state index contributed by atoms with van der Waals surface area (Å²) in [6.45, 7) is 6.46. The molecule has 0 aliphatic heterocycles. The lowest BCUT2D eigenvalue weighted by molar-refractivity contribution is -0.126. The van der Waals surface area contributed by atoms with Crippen LogP contribution in [0.25, 0.3) is 0 Å². The van der Waals surface area contributed by atoms with Crippen LogP contribution in [0.4, 0.5) is 5.69 Å². The zero-order chi connectivity index (χ0) is 13.5. The first-order chi connectivity index (χ1) is 8.52. The van der Waals surface area contributed by atoms with Gasteiger partial charge < -0.3 is 10.6 Å². The van der Waals surface area contributed by atoms with Gasteiger partial charge in [0.1, 0.15) is 6.42 Å². The number of amides is 2. The Kier molecular flexibility index (Phi) is 5.36. The van der Waals surface area contributed by atoms with Gasteiger partial charge in [-0.25, -0.2) is 0 Å². The third kappa shape index (κ3) is 4.57. The molecule has 1 aromatic carbocycles. The summed E-state index contributed by atoms with van der Waals surface area (Å²) in [7, 11) is 0. The molecule has 0 heterocycles. The molecule has 18 heavy (non-hydrogen) atoms. The van der Waals surface area contributed by atoms with Gasteiger partial charge in [-0.05, 0) is 37.5 Å². The minimum Gasteiger partial charge on any atom is -0.356 e. The summed E-state index contributed by atoms with van der Waals surface area (Å²) in [5.74, 6) is -0.517. The first-order valence-electron chi connectivity index (χ1n) is 6.16. The van der Waals surface area contributed by atoms with E-state index in [2.05, 4.69) is 10.6 Å². The van der Waals surface area contributed by atoms with E-state index in [1.54, 1.807) is 0 Å². The van der Waals surface area contributed by atoms with Gasteiger partial charge in [0, 0.05) is 12.2 Å². The molecular formula is C14H20N2O2. The number of rotatable bonds is 5. The Morgan fingerprint density at radius 3 is 2.56 bits per heavy atom. The Morgan fingerprint density at radius 1 is 1.17 bits per heavy atom. The van der Waals surface area contributed by atoms with E-state index in [1.165, 1.54) is 0 Å². The van der Waals surface area contributed by atoms with E-state index in [9.17, 15) is 9.59 Å². The van der Waals surface area contributed by atoms with Gasteiger partial charge in [0.15, 0.2) is 0 Å². The molecular weight excluding hydrogens is 228 g/mol. The van der Waals surface area contributed by atoms with E-state index in [0.717, 1.165) is 23.2 Å². The van der Waals surface area contributed by atoms with Gasteiger partial charge in [-0.2, -0.15) is 0 Å². The van der Waals surface area contributed by atoms with Gasteiger partial charge in [-0.15, -0.1) is 0 Å². The van der Waals surface area contributed by atoms with Crippen molar-refractivity contribution in [1.29, 1.82) is 0 Å². The summed E-state index contributed by atoms with van der Waals surface area (Å²) in [6.07, 6.45) is 0.734. The zero-order valence-corrected chi connectivity index (χ0v) is 11.2. The van der Waals surface area contributed by atoms with Crippen molar-refractivity contribution in [3.05, 3.63) is 29.3 Å².